The molecule has 0 aliphatic carbocycles. The van der Waals surface area contributed by atoms with Crippen LogP contribution in [0.1, 0.15) is 19.4 Å². The molecule has 2 unspecified atom stereocenters. The van der Waals surface area contributed by atoms with Crippen LogP contribution in [0, 0.1) is 5.82 Å². The molecule has 2 N–H and O–H groups in total. The molecular formula is C12H14FN5O. The smallest absolute Gasteiger partial charge is 0.182 e. The molecule has 1 aliphatic rings. The van der Waals surface area contributed by atoms with Gasteiger partial charge in [0.2, 0.25) is 0 Å². The SMILES string of the molecule is CC1OCCC1n1nnnc1-c1cc(N)cc(F)c1. The monoisotopic (exact) mass is 263 g/mol. The van der Waals surface area contributed by atoms with E-state index in [0.29, 0.717) is 23.7 Å². The number of nitrogens with zero attached hydrogens (tertiary/aromatic N) is 4. The lowest BCUT2D eigenvalue weighted by molar-refractivity contribution is 0.105. The summed E-state index contributed by atoms with van der Waals surface area (Å²) in [5, 5.41) is 11.6. The maximum absolute atomic E-state index is 13.4. The highest BCUT2D eigenvalue weighted by Gasteiger charge is 2.29. The fraction of sp³-hybridized carbons (Fsp3) is 0.417. The molecule has 19 heavy (non-hydrogen) atoms. The number of rotatable bonds is 2. The first kappa shape index (κ1) is 12.0. The largest absolute Gasteiger partial charge is 0.399 e. The van der Waals surface area contributed by atoms with Crippen LogP contribution in [0.4, 0.5) is 10.1 Å². The number of nitrogen functional groups attached to an aromatic ring is 1. The molecule has 1 saturated heterocycles. The van der Waals surface area contributed by atoms with Gasteiger partial charge < -0.3 is 10.5 Å². The predicted octanol–water partition coefficient (Wildman–Crippen LogP) is 1.41. The molecule has 0 amide bonds. The van der Waals surface area contributed by atoms with Crippen molar-refractivity contribution < 1.29 is 9.13 Å². The van der Waals surface area contributed by atoms with Crippen LogP contribution in [0.5, 0.6) is 0 Å². The molecule has 1 aromatic heterocycles. The summed E-state index contributed by atoms with van der Waals surface area (Å²) in [7, 11) is 0. The summed E-state index contributed by atoms with van der Waals surface area (Å²) in [5.41, 5.74) is 6.57. The van der Waals surface area contributed by atoms with E-state index in [1.165, 1.54) is 12.1 Å². The number of ether oxygens (including phenoxy) is 1. The van der Waals surface area contributed by atoms with Gasteiger partial charge in [-0.2, -0.15) is 0 Å². The molecule has 0 radical (unpaired) electrons. The van der Waals surface area contributed by atoms with Crippen LogP contribution in [-0.4, -0.2) is 32.9 Å². The maximum atomic E-state index is 13.4. The first-order chi connectivity index (χ1) is 9.15. The summed E-state index contributed by atoms with van der Waals surface area (Å²) in [4.78, 5) is 0. The molecule has 0 spiro atoms. The van der Waals surface area contributed by atoms with Crippen molar-refractivity contribution in [2.24, 2.45) is 0 Å². The molecule has 2 aromatic rings. The summed E-state index contributed by atoms with van der Waals surface area (Å²) in [6.07, 6.45) is 0.873. The molecule has 7 heteroatoms. The van der Waals surface area contributed by atoms with Crippen LogP contribution in [0.3, 0.4) is 0 Å². The van der Waals surface area contributed by atoms with Gasteiger partial charge in [0.25, 0.3) is 0 Å². The molecule has 2 heterocycles. The Morgan fingerprint density at radius 2 is 2.26 bits per heavy atom. The van der Waals surface area contributed by atoms with Gasteiger partial charge in [-0.1, -0.05) is 0 Å². The van der Waals surface area contributed by atoms with E-state index >= 15 is 0 Å². The van der Waals surface area contributed by atoms with E-state index in [0.717, 1.165) is 6.42 Å². The lowest BCUT2D eigenvalue weighted by Gasteiger charge is -2.15. The van der Waals surface area contributed by atoms with Crippen LogP contribution in [0.25, 0.3) is 11.4 Å². The van der Waals surface area contributed by atoms with Crippen LogP contribution in [0.15, 0.2) is 18.2 Å². The summed E-state index contributed by atoms with van der Waals surface area (Å²) in [5.74, 6) is 0.105. The second kappa shape index (κ2) is 4.58. The number of benzene rings is 1. The highest BCUT2D eigenvalue weighted by molar-refractivity contribution is 5.61. The van der Waals surface area contributed by atoms with Crippen molar-refractivity contribution in [1.29, 1.82) is 0 Å². The normalized spacial score (nSPS) is 22.8. The minimum atomic E-state index is -0.403. The molecule has 1 fully saturated rings. The van der Waals surface area contributed by atoms with Crippen LogP contribution < -0.4 is 5.73 Å². The van der Waals surface area contributed by atoms with Crippen molar-refractivity contribution in [3.63, 3.8) is 0 Å². The lowest BCUT2D eigenvalue weighted by Crippen LogP contribution is -2.19. The van der Waals surface area contributed by atoms with Gasteiger partial charge >= 0.3 is 0 Å². The first-order valence-corrected chi connectivity index (χ1v) is 6.11. The molecule has 1 aromatic carbocycles. The van der Waals surface area contributed by atoms with Crippen LogP contribution >= 0.6 is 0 Å². The van der Waals surface area contributed by atoms with Gasteiger partial charge in [-0.3, -0.25) is 0 Å². The molecule has 0 saturated carbocycles. The van der Waals surface area contributed by atoms with E-state index in [4.69, 9.17) is 10.5 Å². The highest BCUT2D eigenvalue weighted by Crippen LogP contribution is 2.29. The number of hydrogen-bond acceptors (Lipinski definition) is 5. The molecule has 1 aliphatic heterocycles. The van der Waals surface area contributed by atoms with Gasteiger partial charge in [0, 0.05) is 17.9 Å². The number of nitrogens with two attached hydrogens (primary N) is 1. The molecule has 100 valence electrons. The topological polar surface area (TPSA) is 78.8 Å². The van der Waals surface area contributed by atoms with Crippen LogP contribution in [-0.2, 0) is 4.74 Å². The quantitative estimate of drug-likeness (QED) is 0.829. The average Bonchev–Trinajstić information content (AvgIpc) is 2.95. The third-order valence-electron chi connectivity index (χ3n) is 3.32. The minimum Gasteiger partial charge on any atom is -0.399 e. The zero-order valence-electron chi connectivity index (χ0n) is 10.5. The highest BCUT2D eigenvalue weighted by atomic mass is 19.1. The third-order valence-corrected chi connectivity index (χ3v) is 3.32. The second-order valence-electron chi connectivity index (χ2n) is 4.65. The molecule has 2 atom stereocenters. The standard InChI is InChI=1S/C12H14FN5O/c1-7-11(2-3-19-7)18-12(15-16-17-18)8-4-9(13)6-10(14)5-8/h4-7,11H,2-3,14H2,1H3. The Balaban J connectivity index is 2.04. The average molecular weight is 263 g/mol. The number of halogens is 1. The zero-order chi connectivity index (χ0) is 13.4. The van der Waals surface area contributed by atoms with Crippen molar-refractivity contribution >= 4 is 5.69 Å². The number of tetrazole rings is 1. The molecule has 3 rings (SSSR count). The Bertz CT molecular complexity index is 579. The first-order valence-electron chi connectivity index (χ1n) is 6.11. The van der Waals surface area contributed by atoms with Gasteiger partial charge in [-0.15, -0.1) is 5.10 Å². The Morgan fingerprint density at radius 1 is 1.42 bits per heavy atom. The van der Waals surface area contributed by atoms with Crippen LogP contribution in [0.2, 0.25) is 0 Å². The van der Waals surface area contributed by atoms with Gasteiger partial charge in [0.05, 0.1) is 12.1 Å². The summed E-state index contributed by atoms with van der Waals surface area (Å²) in [6, 6.07) is 4.36. The zero-order valence-corrected chi connectivity index (χ0v) is 10.5. The third kappa shape index (κ3) is 2.17. The van der Waals surface area contributed by atoms with E-state index in [1.54, 1.807) is 10.7 Å². The minimum absolute atomic E-state index is 0.0353. The van der Waals surface area contributed by atoms with Crippen molar-refractivity contribution in [2.75, 3.05) is 12.3 Å². The fourth-order valence-corrected chi connectivity index (χ4v) is 2.39. The summed E-state index contributed by atoms with van der Waals surface area (Å²) in [6.45, 7) is 2.65. The van der Waals surface area contributed by atoms with Gasteiger partial charge in [0.1, 0.15) is 5.82 Å². The van der Waals surface area contributed by atoms with Crippen molar-refractivity contribution in [2.45, 2.75) is 25.5 Å². The Morgan fingerprint density at radius 3 is 2.95 bits per heavy atom. The fourth-order valence-electron chi connectivity index (χ4n) is 2.39. The molecular weight excluding hydrogens is 249 g/mol. The Kier molecular flexibility index (Phi) is 2.90. The van der Waals surface area contributed by atoms with E-state index in [-0.39, 0.29) is 12.1 Å². The van der Waals surface area contributed by atoms with Crippen molar-refractivity contribution in [3.05, 3.63) is 24.0 Å². The predicted molar refractivity (Wildman–Crippen MR) is 66.7 cm³/mol. The number of aromatic nitrogens is 4. The molecule has 6 nitrogen and oxygen atoms in total. The lowest BCUT2D eigenvalue weighted by atomic mass is 10.1. The Hall–Kier alpha value is -2.02. The number of anilines is 1. The maximum Gasteiger partial charge on any atom is 0.182 e. The second-order valence-corrected chi connectivity index (χ2v) is 4.65. The Labute approximate surface area is 109 Å². The summed E-state index contributed by atoms with van der Waals surface area (Å²) < 4.78 is 20.6. The van der Waals surface area contributed by atoms with Gasteiger partial charge in [-0.25, -0.2) is 9.07 Å². The van der Waals surface area contributed by atoms with E-state index in [1.807, 2.05) is 6.92 Å². The number of hydrogen-bond donors (Lipinski definition) is 1. The van der Waals surface area contributed by atoms with Gasteiger partial charge in [-0.05, 0) is 42.0 Å². The van der Waals surface area contributed by atoms with Crippen molar-refractivity contribution in [1.82, 2.24) is 20.2 Å². The van der Waals surface area contributed by atoms with E-state index < -0.39 is 5.82 Å². The van der Waals surface area contributed by atoms with E-state index in [2.05, 4.69) is 15.5 Å². The van der Waals surface area contributed by atoms with E-state index in [9.17, 15) is 4.39 Å². The van der Waals surface area contributed by atoms with Gasteiger partial charge in [0.15, 0.2) is 5.82 Å². The van der Waals surface area contributed by atoms with Crippen molar-refractivity contribution in [3.8, 4) is 11.4 Å². The molecule has 0 bridgehead atoms. The summed E-state index contributed by atoms with van der Waals surface area (Å²) >= 11 is 0.